The van der Waals surface area contributed by atoms with Gasteiger partial charge in [0.05, 0.1) is 5.75 Å². The largest absolute Gasteiger partial charge is 0.272 e. The van der Waals surface area contributed by atoms with E-state index in [-0.39, 0.29) is 5.75 Å². The summed E-state index contributed by atoms with van der Waals surface area (Å²) in [7, 11) is -4.28. The number of carbonyl (C=O) groups is 2. The molecule has 11 heteroatoms. The maximum absolute atomic E-state index is 13.9. The summed E-state index contributed by atoms with van der Waals surface area (Å²) >= 11 is 7.04. The van der Waals surface area contributed by atoms with Gasteiger partial charge in [0.1, 0.15) is 16.8 Å². The topological polar surface area (TPSA) is 104 Å². The van der Waals surface area contributed by atoms with E-state index >= 15 is 0 Å². The molecule has 0 bridgehead atoms. The van der Waals surface area contributed by atoms with E-state index in [1.54, 1.807) is 38.1 Å². The van der Waals surface area contributed by atoms with Gasteiger partial charge in [0, 0.05) is 9.92 Å². The van der Waals surface area contributed by atoms with Gasteiger partial charge in [-0.25, -0.2) is 12.8 Å². The molecule has 0 aliphatic carbocycles. The lowest BCUT2D eigenvalue weighted by Gasteiger charge is -2.21. The third-order valence-corrected chi connectivity index (χ3v) is 6.60. The monoisotopic (exact) mass is 473 g/mol. The lowest BCUT2D eigenvalue weighted by molar-refractivity contribution is -0.129. The van der Waals surface area contributed by atoms with Gasteiger partial charge in [0.25, 0.3) is 5.91 Å². The molecule has 0 aromatic heterocycles. The van der Waals surface area contributed by atoms with Crippen LogP contribution in [0, 0.1) is 11.7 Å². The van der Waals surface area contributed by atoms with Crippen molar-refractivity contribution in [2.75, 3.05) is 5.75 Å². The average Bonchev–Trinajstić information content (AvgIpc) is 2.70. The first-order chi connectivity index (χ1) is 14.1. The third-order valence-electron chi connectivity index (χ3n) is 3.87. The van der Waals surface area contributed by atoms with Crippen LogP contribution in [0.4, 0.5) is 4.39 Å². The molecule has 162 valence electrons. The van der Waals surface area contributed by atoms with Gasteiger partial charge in [-0.1, -0.05) is 37.6 Å². The van der Waals surface area contributed by atoms with Crippen molar-refractivity contribution in [2.24, 2.45) is 5.92 Å². The Hall–Kier alpha value is -2.14. The van der Waals surface area contributed by atoms with Gasteiger partial charge >= 0.3 is 0 Å². The van der Waals surface area contributed by atoms with Crippen LogP contribution >= 0.6 is 23.4 Å². The predicted octanol–water partition coefficient (Wildman–Crippen LogP) is 2.72. The lowest BCUT2D eigenvalue weighted by Crippen LogP contribution is -2.54. The maximum Gasteiger partial charge on any atom is 0.256 e. The summed E-state index contributed by atoms with van der Waals surface area (Å²) in [6, 6.07) is 10.5. The number of hydrazine groups is 1. The van der Waals surface area contributed by atoms with Gasteiger partial charge in [0.2, 0.25) is 15.9 Å². The molecule has 2 aromatic carbocycles. The van der Waals surface area contributed by atoms with Crippen molar-refractivity contribution in [1.82, 2.24) is 15.6 Å². The van der Waals surface area contributed by atoms with Crippen LogP contribution in [0.25, 0.3) is 0 Å². The fourth-order valence-corrected chi connectivity index (χ4v) is 4.56. The Kier molecular flexibility index (Phi) is 8.65. The van der Waals surface area contributed by atoms with E-state index in [1.807, 2.05) is 0 Å². The molecular weight excluding hydrogens is 453 g/mol. The van der Waals surface area contributed by atoms with Crippen LogP contribution in [0.2, 0.25) is 5.02 Å². The van der Waals surface area contributed by atoms with Gasteiger partial charge in [-0.3, -0.25) is 20.4 Å². The van der Waals surface area contributed by atoms with Gasteiger partial charge in [-0.05, 0) is 42.3 Å². The SMILES string of the molecule is CC(C)C(NS(=O)(=O)c1ccccc1F)C(=O)NNC(=O)CSc1ccc(Cl)cc1. The standard InChI is InChI=1S/C19H21ClFN3O4S2/c1-12(2)18(24-30(27,28)16-6-4-3-5-15(16)21)19(26)23-22-17(25)11-29-14-9-7-13(20)8-10-14/h3-10,12,18,24H,11H2,1-2H3,(H,22,25)(H,23,26). The quantitative estimate of drug-likeness (QED) is 0.404. The van der Waals surface area contributed by atoms with E-state index < -0.39 is 44.5 Å². The van der Waals surface area contributed by atoms with E-state index in [0.29, 0.717) is 5.02 Å². The molecule has 0 aliphatic heterocycles. The molecule has 0 saturated heterocycles. The molecule has 2 aromatic rings. The highest BCUT2D eigenvalue weighted by Crippen LogP contribution is 2.20. The minimum Gasteiger partial charge on any atom is -0.272 e. The summed E-state index contributed by atoms with van der Waals surface area (Å²) in [4.78, 5) is 24.7. The van der Waals surface area contributed by atoms with Crippen molar-refractivity contribution in [3.05, 3.63) is 59.4 Å². The molecule has 2 amide bonds. The number of hydrogen-bond donors (Lipinski definition) is 3. The predicted molar refractivity (Wildman–Crippen MR) is 114 cm³/mol. The summed E-state index contributed by atoms with van der Waals surface area (Å²) in [5.41, 5.74) is 4.45. The number of benzene rings is 2. The van der Waals surface area contributed by atoms with Crippen molar-refractivity contribution in [1.29, 1.82) is 0 Å². The van der Waals surface area contributed by atoms with Crippen molar-refractivity contribution < 1.29 is 22.4 Å². The lowest BCUT2D eigenvalue weighted by atomic mass is 10.1. The smallest absolute Gasteiger partial charge is 0.256 e. The molecule has 0 spiro atoms. The molecule has 30 heavy (non-hydrogen) atoms. The number of hydrogen-bond acceptors (Lipinski definition) is 5. The zero-order valence-corrected chi connectivity index (χ0v) is 18.6. The maximum atomic E-state index is 13.9. The highest BCUT2D eigenvalue weighted by Gasteiger charge is 2.30. The number of halogens is 2. The fourth-order valence-electron chi connectivity index (χ4n) is 2.31. The molecule has 1 atom stereocenters. The molecular formula is C19H21ClFN3O4S2. The highest BCUT2D eigenvalue weighted by molar-refractivity contribution is 8.00. The second-order valence-corrected chi connectivity index (χ2v) is 9.72. The van der Waals surface area contributed by atoms with Gasteiger partial charge in [-0.2, -0.15) is 4.72 Å². The summed E-state index contributed by atoms with van der Waals surface area (Å²) in [6.07, 6.45) is 0. The van der Waals surface area contributed by atoms with Gasteiger partial charge < -0.3 is 0 Å². The summed E-state index contributed by atoms with van der Waals surface area (Å²) in [5.74, 6) is -2.63. The highest BCUT2D eigenvalue weighted by atomic mass is 35.5. The molecule has 0 saturated carbocycles. The fraction of sp³-hybridized carbons (Fsp3) is 0.263. The van der Waals surface area contributed by atoms with Crippen LogP contribution in [-0.4, -0.2) is 32.0 Å². The first-order valence-electron chi connectivity index (χ1n) is 8.84. The Bertz CT molecular complexity index is 1000. The average molecular weight is 474 g/mol. The van der Waals surface area contributed by atoms with Crippen LogP contribution in [0.3, 0.4) is 0 Å². The van der Waals surface area contributed by atoms with E-state index in [1.165, 1.54) is 23.9 Å². The Morgan fingerprint density at radius 1 is 1.07 bits per heavy atom. The first-order valence-corrected chi connectivity index (χ1v) is 11.7. The number of rotatable bonds is 8. The second-order valence-electron chi connectivity index (χ2n) is 6.55. The summed E-state index contributed by atoms with van der Waals surface area (Å²) in [6.45, 7) is 3.23. The van der Waals surface area contributed by atoms with E-state index in [0.717, 1.165) is 17.0 Å². The third kappa shape index (κ3) is 6.98. The molecule has 0 aliphatic rings. The molecule has 3 N–H and O–H groups in total. The zero-order chi connectivity index (χ0) is 22.3. The minimum absolute atomic E-state index is 0.0230. The van der Waals surface area contributed by atoms with Gasteiger partial charge in [0.15, 0.2) is 0 Å². The van der Waals surface area contributed by atoms with Gasteiger partial charge in [-0.15, -0.1) is 11.8 Å². The molecule has 0 radical (unpaired) electrons. The summed E-state index contributed by atoms with van der Waals surface area (Å²) < 4.78 is 41.0. The minimum atomic E-state index is -4.28. The number of carbonyl (C=O) groups excluding carboxylic acids is 2. The van der Waals surface area contributed by atoms with Crippen molar-refractivity contribution in [3.63, 3.8) is 0 Å². The van der Waals surface area contributed by atoms with Crippen LogP contribution in [0.1, 0.15) is 13.8 Å². The first kappa shape index (κ1) is 24.1. The molecule has 7 nitrogen and oxygen atoms in total. The second kappa shape index (κ2) is 10.8. The normalized spacial score (nSPS) is 12.4. The Morgan fingerprint density at radius 2 is 1.70 bits per heavy atom. The van der Waals surface area contributed by atoms with Crippen LogP contribution < -0.4 is 15.6 Å². The Labute approximate surface area is 183 Å². The molecule has 1 unspecified atom stereocenters. The molecule has 2 rings (SSSR count). The van der Waals surface area contributed by atoms with E-state index in [9.17, 15) is 22.4 Å². The van der Waals surface area contributed by atoms with Crippen molar-refractivity contribution in [2.45, 2.75) is 29.7 Å². The van der Waals surface area contributed by atoms with E-state index in [4.69, 9.17) is 11.6 Å². The number of thioether (sulfide) groups is 1. The Morgan fingerprint density at radius 3 is 2.30 bits per heavy atom. The molecule has 0 fully saturated rings. The summed E-state index contributed by atoms with van der Waals surface area (Å²) in [5, 5.41) is 0.577. The van der Waals surface area contributed by atoms with Crippen molar-refractivity contribution in [3.8, 4) is 0 Å². The zero-order valence-electron chi connectivity index (χ0n) is 16.2. The number of sulfonamides is 1. The number of amides is 2. The van der Waals surface area contributed by atoms with E-state index in [2.05, 4.69) is 15.6 Å². The Balaban J connectivity index is 1.94. The number of nitrogens with one attached hydrogen (secondary N) is 3. The molecule has 0 heterocycles. The van der Waals surface area contributed by atoms with Crippen LogP contribution in [-0.2, 0) is 19.6 Å². The van der Waals surface area contributed by atoms with Crippen LogP contribution in [0.5, 0.6) is 0 Å². The van der Waals surface area contributed by atoms with Crippen LogP contribution in [0.15, 0.2) is 58.3 Å². The van der Waals surface area contributed by atoms with Crippen molar-refractivity contribution >= 4 is 45.2 Å².